The van der Waals surface area contributed by atoms with Gasteiger partial charge in [0, 0.05) is 17.1 Å². The van der Waals surface area contributed by atoms with Crippen molar-refractivity contribution in [2.45, 2.75) is 18.2 Å². The molecule has 0 aromatic heterocycles. The Hall–Kier alpha value is -1.53. The van der Waals surface area contributed by atoms with E-state index in [-0.39, 0.29) is 12.5 Å². The summed E-state index contributed by atoms with van der Waals surface area (Å²) in [7, 11) is 0. The number of thioether (sulfide) groups is 1. The van der Waals surface area contributed by atoms with Gasteiger partial charge >= 0.3 is 0 Å². The first-order chi connectivity index (χ1) is 8.58. The van der Waals surface area contributed by atoms with Crippen LogP contribution >= 0.6 is 11.8 Å². The van der Waals surface area contributed by atoms with Crippen molar-refractivity contribution in [1.82, 2.24) is 5.48 Å². The summed E-state index contributed by atoms with van der Waals surface area (Å²) in [6, 6.07) is 8.08. The second-order valence-corrected chi connectivity index (χ2v) is 4.86. The maximum absolute atomic E-state index is 11.3. The van der Waals surface area contributed by atoms with Gasteiger partial charge in [0.2, 0.25) is 11.8 Å². The van der Waals surface area contributed by atoms with Gasteiger partial charge in [-0.05, 0) is 19.1 Å². The van der Waals surface area contributed by atoms with E-state index < -0.39 is 5.91 Å². The van der Waals surface area contributed by atoms with Gasteiger partial charge < -0.3 is 5.73 Å². The molecular formula is C12H16N2O3S. The lowest BCUT2D eigenvalue weighted by Crippen LogP contribution is -2.29. The van der Waals surface area contributed by atoms with Crippen LogP contribution in [0.5, 0.6) is 0 Å². The van der Waals surface area contributed by atoms with E-state index in [1.807, 2.05) is 31.2 Å². The molecule has 0 aliphatic rings. The van der Waals surface area contributed by atoms with E-state index in [2.05, 4.69) is 10.3 Å². The molecule has 1 aromatic carbocycles. The number of hydrogen-bond acceptors (Lipinski definition) is 4. The first-order valence-corrected chi connectivity index (χ1v) is 6.45. The number of rotatable bonds is 7. The molecule has 0 bridgehead atoms. The molecule has 0 fully saturated rings. The highest BCUT2D eigenvalue weighted by atomic mass is 32.2. The monoisotopic (exact) mass is 268 g/mol. The molecule has 98 valence electrons. The SMILES string of the molecule is Cc1ccc(SCCC(=O)NOCC(N)=O)cc1. The van der Waals surface area contributed by atoms with Gasteiger partial charge in [-0.25, -0.2) is 5.48 Å². The number of amides is 2. The first-order valence-electron chi connectivity index (χ1n) is 5.46. The Kier molecular flexibility index (Phi) is 6.24. The number of benzene rings is 1. The number of nitrogens with one attached hydrogen (secondary N) is 1. The number of carbonyl (C=O) groups is 2. The summed E-state index contributed by atoms with van der Waals surface area (Å²) in [4.78, 5) is 27.3. The number of hydroxylamine groups is 1. The standard InChI is InChI=1S/C12H16N2O3S/c1-9-2-4-10(5-3-9)18-7-6-12(16)14-17-8-11(13)15/h2-5H,6-8H2,1H3,(H2,13,15)(H,14,16). The van der Waals surface area contributed by atoms with Crippen LogP contribution in [-0.2, 0) is 14.4 Å². The van der Waals surface area contributed by atoms with E-state index in [1.54, 1.807) is 11.8 Å². The van der Waals surface area contributed by atoms with E-state index in [1.165, 1.54) is 5.56 Å². The van der Waals surface area contributed by atoms with Crippen LogP contribution in [0.3, 0.4) is 0 Å². The van der Waals surface area contributed by atoms with Gasteiger partial charge in [-0.3, -0.25) is 14.4 Å². The van der Waals surface area contributed by atoms with E-state index >= 15 is 0 Å². The molecule has 18 heavy (non-hydrogen) atoms. The fourth-order valence-corrected chi connectivity index (χ4v) is 1.99. The van der Waals surface area contributed by atoms with Crippen LogP contribution < -0.4 is 11.2 Å². The van der Waals surface area contributed by atoms with Crippen molar-refractivity contribution in [2.24, 2.45) is 5.73 Å². The second-order valence-electron chi connectivity index (χ2n) is 3.69. The minimum atomic E-state index is -0.621. The van der Waals surface area contributed by atoms with E-state index in [0.717, 1.165) is 4.90 Å². The molecule has 0 aliphatic heterocycles. The topological polar surface area (TPSA) is 81.4 Å². The molecule has 0 aliphatic carbocycles. The quantitative estimate of drug-likeness (QED) is 0.571. The Morgan fingerprint density at radius 2 is 2.00 bits per heavy atom. The van der Waals surface area contributed by atoms with Crippen molar-refractivity contribution in [2.75, 3.05) is 12.4 Å². The Bertz CT molecular complexity index is 406. The predicted molar refractivity (Wildman–Crippen MR) is 69.8 cm³/mol. The Morgan fingerprint density at radius 3 is 2.61 bits per heavy atom. The molecule has 1 aromatic rings. The van der Waals surface area contributed by atoms with Crippen molar-refractivity contribution in [3.63, 3.8) is 0 Å². The molecule has 1 rings (SSSR count). The van der Waals surface area contributed by atoms with E-state index in [0.29, 0.717) is 12.2 Å². The lowest BCUT2D eigenvalue weighted by molar-refractivity contribution is -0.137. The maximum atomic E-state index is 11.3. The zero-order chi connectivity index (χ0) is 13.4. The van der Waals surface area contributed by atoms with Crippen LogP contribution in [0, 0.1) is 6.92 Å². The predicted octanol–water partition coefficient (Wildman–Crippen LogP) is 1.01. The van der Waals surface area contributed by atoms with Crippen LogP contribution in [0.1, 0.15) is 12.0 Å². The number of carbonyl (C=O) groups excluding carboxylic acids is 2. The molecular weight excluding hydrogens is 252 g/mol. The van der Waals surface area contributed by atoms with Gasteiger partial charge in [0.25, 0.3) is 0 Å². The Morgan fingerprint density at radius 1 is 1.33 bits per heavy atom. The lowest BCUT2D eigenvalue weighted by atomic mass is 10.2. The fraction of sp³-hybridized carbons (Fsp3) is 0.333. The van der Waals surface area contributed by atoms with Crippen molar-refractivity contribution >= 4 is 23.6 Å². The van der Waals surface area contributed by atoms with Gasteiger partial charge in [0.15, 0.2) is 6.61 Å². The normalized spacial score (nSPS) is 10.1. The van der Waals surface area contributed by atoms with Gasteiger partial charge in [0.05, 0.1) is 0 Å². The summed E-state index contributed by atoms with van der Waals surface area (Å²) in [5, 5.41) is 0. The zero-order valence-electron chi connectivity index (χ0n) is 10.1. The summed E-state index contributed by atoms with van der Waals surface area (Å²) in [6.07, 6.45) is 0.317. The number of nitrogens with two attached hydrogens (primary N) is 1. The fourth-order valence-electron chi connectivity index (χ4n) is 1.13. The second kappa shape index (κ2) is 7.73. The molecule has 0 heterocycles. The maximum Gasteiger partial charge on any atom is 0.246 e. The highest BCUT2D eigenvalue weighted by molar-refractivity contribution is 7.99. The molecule has 0 atom stereocenters. The van der Waals surface area contributed by atoms with Crippen LogP contribution in [0.25, 0.3) is 0 Å². The van der Waals surface area contributed by atoms with Crippen molar-refractivity contribution < 1.29 is 14.4 Å². The van der Waals surface area contributed by atoms with E-state index in [9.17, 15) is 9.59 Å². The third kappa shape index (κ3) is 6.27. The average molecular weight is 268 g/mol. The summed E-state index contributed by atoms with van der Waals surface area (Å²) >= 11 is 1.59. The smallest absolute Gasteiger partial charge is 0.246 e. The minimum absolute atomic E-state index is 0.268. The molecule has 0 saturated heterocycles. The van der Waals surface area contributed by atoms with E-state index in [4.69, 9.17) is 5.73 Å². The summed E-state index contributed by atoms with van der Waals surface area (Å²) in [5.74, 6) is -0.241. The molecule has 0 radical (unpaired) electrons. The third-order valence-corrected chi connectivity index (χ3v) is 3.03. The van der Waals surface area contributed by atoms with Crippen LogP contribution in [0.2, 0.25) is 0 Å². The third-order valence-electron chi connectivity index (χ3n) is 2.02. The lowest BCUT2D eigenvalue weighted by Gasteiger charge is -2.04. The average Bonchev–Trinajstić information content (AvgIpc) is 2.31. The number of aryl methyl sites for hydroxylation is 1. The van der Waals surface area contributed by atoms with Crippen LogP contribution in [0.4, 0.5) is 0 Å². The summed E-state index contributed by atoms with van der Waals surface area (Å²) in [5.41, 5.74) is 8.21. The minimum Gasteiger partial charge on any atom is -0.368 e. The molecule has 0 unspecified atom stereocenters. The molecule has 2 amide bonds. The molecule has 0 spiro atoms. The highest BCUT2D eigenvalue weighted by Gasteiger charge is 2.03. The van der Waals surface area contributed by atoms with Gasteiger partial charge in [0.1, 0.15) is 0 Å². The van der Waals surface area contributed by atoms with Crippen LogP contribution in [0.15, 0.2) is 29.2 Å². The summed E-state index contributed by atoms with van der Waals surface area (Å²) in [6.45, 7) is 1.72. The van der Waals surface area contributed by atoms with Crippen molar-refractivity contribution in [1.29, 1.82) is 0 Å². The Balaban J connectivity index is 2.15. The number of primary amides is 1. The van der Waals surface area contributed by atoms with Gasteiger partial charge in [-0.2, -0.15) is 0 Å². The van der Waals surface area contributed by atoms with Gasteiger partial charge in [-0.1, -0.05) is 17.7 Å². The Labute approximate surface area is 110 Å². The largest absolute Gasteiger partial charge is 0.368 e. The molecule has 6 heteroatoms. The molecule has 5 nitrogen and oxygen atoms in total. The van der Waals surface area contributed by atoms with Gasteiger partial charge in [-0.15, -0.1) is 11.8 Å². The highest BCUT2D eigenvalue weighted by Crippen LogP contribution is 2.18. The van der Waals surface area contributed by atoms with Crippen LogP contribution in [-0.4, -0.2) is 24.2 Å². The number of hydrogen-bond donors (Lipinski definition) is 2. The molecule has 3 N–H and O–H groups in total. The zero-order valence-corrected chi connectivity index (χ0v) is 11.0. The first kappa shape index (κ1) is 14.5. The van der Waals surface area contributed by atoms with Crippen molar-refractivity contribution in [3.05, 3.63) is 29.8 Å². The summed E-state index contributed by atoms with van der Waals surface area (Å²) < 4.78 is 0. The molecule has 0 saturated carbocycles. The van der Waals surface area contributed by atoms with Crippen molar-refractivity contribution in [3.8, 4) is 0 Å².